The molecule has 0 aliphatic carbocycles. The molecule has 2 amide bonds. The Morgan fingerprint density at radius 2 is 2.07 bits per heavy atom. The van der Waals surface area contributed by atoms with Crippen molar-refractivity contribution in [1.29, 1.82) is 5.26 Å². The van der Waals surface area contributed by atoms with Crippen LogP contribution in [0.4, 0.5) is 0 Å². The van der Waals surface area contributed by atoms with Gasteiger partial charge in [0.1, 0.15) is 11.4 Å². The molecule has 8 heteroatoms. The molecule has 1 heterocycles. The summed E-state index contributed by atoms with van der Waals surface area (Å²) in [6, 6.07) is 8.70. The van der Waals surface area contributed by atoms with Crippen molar-refractivity contribution in [2.45, 2.75) is 37.6 Å². The lowest BCUT2D eigenvalue weighted by Crippen LogP contribution is -2.40. The smallest absolute Gasteiger partial charge is 0.328 e. The molecule has 27 heavy (non-hydrogen) atoms. The lowest BCUT2D eigenvalue weighted by Gasteiger charge is -2.24. The van der Waals surface area contributed by atoms with E-state index in [-0.39, 0.29) is 17.2 Å². The van der Waals surface area contributed by atoms with Gasteiger partial charge in [0.25, 0.3) is 0 Å². The van der Waals surface area contributed by atoms with E-state index < -0.39 is 12.0 Å². The topological polar surface area (TPSA) is 99.5 Å². The quantitative estimate of drug-likeness (QED) is 0.539. The van der Waals surface area contributed by atoms with Gasteiger partial charge in [-0.1, -0.05) is 12.1 Å². The van der Waals surface area contributed by atoms with Crippen molar-refractivity contribution in [3.05, 3.63) is 35.4 Å². The summed E-state index contributed by atoms with van der Waals surface area (Å²) in [5.74, 6) is -0.229. The van der Waals surface area contributed by atoms with Gasteiger partial charge in [-0.2, -0.15) is 5.26 Å². The van der Waals surface area contributed by atoms with Gasteiger partial charge >= 0.3 is 5.97 Å². The van der Waals surface area contributed by atoms with Crippen molar-refractivity contribution in [2.24, 2.45) is 0 Å². The zero-order valence-electron chi connectivity index (χ0n) is 15.4. The second-order valence-corrected chi connectivity index (χ2v) is 7.32. The molecule has 144 valence electrons. The Morgan fingerprint density at radius 1 is 1.37 bits per heavy atom. The number of carbonyl (C=O) groups is 3. The lowest BCUT2D eigenvalue weighted by atomic mass is 10.1. The van der Waals surface area contributed by atoms with Crippen LogP contribution in [-0.4, -0.2) is 48.1 Å². The molecule has 0 saturated carbocycles. The number of nitrogens with one attached hydrogen (secondary N) is 1. The number of nitrogens with zero attached hydrogens (tertiary/aromatic N) is 2. The first kappa shape index (κ1) is 20.8. The molecule has 1 saturated heterocycles. The second-order valence-electron chi connectivity index (χ2n) is 6.26. The Bertz CT molecular complexity index is 729. The summed E-state index contributed by atoms with van der Waals surface area (Å²) < 4.78 is 4.71. The number of amides is 2. The first-order chi connectivity index (χ1) is 13.0. The maximum Gasteiger partial charge on any atom is 0.328 e. The summed E-state index contributed by atoms with van der Waals surface area (Å²) in [7, 11) is 1.29. The van der Waals surface area contributed by atoms with Gasteiger partial charge in [0.2, 0.25) is 11.8 Å². The van der Waals surface area contributed by atoms with Crippen LogP contribution in [0.1, 0.15) is 42.7 Å². The molecule has 1 aliphatic rings. The van der Waals surface area contributed by atoms with E-state index in [2.05, 4.69) is 11.4 Å². The fourth-order valence-electron chi connectivity index (χ4n) is 2.96. The Kier molecular flexibility index (Phi) is 7.67. The van der Waals surface area contributed by atoms with E-state index in [0.717, 1.165) is 5.56 Å². The van der Waals surface area contributed by atoms with Crippen LogP contribution in [0.25, 0.3) is 0 Å². The Labute approximate surface area is 163 Å². The van der Waals surface area contributed by atoms with E-state index in [4.69, 9.17) is 10.00 Å². The zero-order chi connectivity index (χ0) is 19.8. The third-order valence-corrected chi connectivity index (χ3v) is 5.55. The molecule has 1 fully saturated rings. The van der Waals surface area contributed by atoms with Crippen LogP contribution in [0.2, 0.25) is 0 Å². The highest BCUT2D eigenvalue weighted by atomic mass is 32.2. The average Bonchev–Trinajstić information content (AvgIpc) is 3.03. The third-order valence-electron chi connectivity index (χ3n) is 4.30. The van der Waals surface area contributed by atoms with E-state index in [1.165, 1.54) is 14.0 Å². The van der Waals surface area contributed by atoms with Crippen molar-refractivity contribution in [2.75, 3.05) is 19.4 Å². The van der Waals surface area contributed by atoms with Crippen molar-refractivity contribution in [3.63, 3.8) is 0 Å². The maximum atomic E-state index is 12.2. The van der Waals surface area contributed by atoms with E-state index in [9.17, 15) is 14.4 Å². The molecular weight excluding hydrogens is 366 g/mol. The van der Waals surface area contributed by atoms with Crippen LogP contribution in [0, 0.1) is 11.3 Å². The fourth-order valence-corrected chi connectivity index (χ4v) is 4.18. The van der Waals surface area contributed by atoms with Gasteiger partial charge in [-0.05, 0) is 37.0 Å². The van der Waals surface area contributed by atoms with Crippen molar-refractivity contribution in [1.82, 2.24) is 10.2 Å². The molecule has 0 spiro atoms. The Hall–Kier alpha value is -2.53. The van der Waals surface area contributed by atoms with Crippen LogP contribution >= 0.6 is 11.8 Å². The Balaban J connectivity index is 1.90. The van der Waals surface area contributed by atoms with Crippen LogP contribution in [0.15, 0.2) is 24.3 Å². The number of benzene rings is 1. The van der Waals surface area contributed by atoms with Gasteiger partial charge < -0.3 is 15.0 Å². The highest BCUT2D eigenvalue weighted by molar-refractivity contribution is 8.00. The van der Waals surface area contributed by atoms with Crippen molar-refractivity contribution in [3.8, 4) is 6.07 Å². The third kappa shape index (κ3) is 5.73. The molecule has 2 unspecified atom stereocenters. The monoisotopic (exact) mass is 389 g/mol. The summed E-state index contributed by atoms with van der Waals surface area (Å²) in [5.41, 5.74) is 1.59. The lowest BCUT2D eigenvalue weighted by molar-refractivity contribution is -0.145. The molecule has 0 radical (unpaired) electrons. The average molecular weight is 389 g/mol. The standard InChI is InChI=1S/C19H23N3O4S/c1-13(23)21-16(19(25)26-2)5-3-4-10-22-17(24)12-27-18(22)15-8-6-14(11-20)7-9-15/h6-9,16,18H,3-5,10,12H2,1-2H3,(H,21,23). The van der Waals surface area contributed by atoms with Gasteiger partial charge in [0.15, 0.2) is 0 Å². The summed E-state index contributed by atoms with van der Waals surface area (Å²) >= 11 is 1.57. The predicted molar refractivity (Wildman–Crippen MR) is 102 cm³/mol. The number of hydrogen-bond donors (Lipinski definition) is 1. The van der Waals surface area contributed by atoms with Crippen LogP contribution in [-0.2, 0) is 19.1 Å². The Morgan fingerprint density at radius 3 is 2.67 bits per heavy atom. The van der Waals surface area contributed by atoms with E-state index >= 15 is 0 Å². The van der Waals surface area contributed by atoms with Gasteiger partial charge in [0, 0.05) is 13.5 Å². The number of carbonyl (C=O) groups excluding carboxylic acids is 3. The fraction of sp³-hybridized carbons (Fsp3) is 0.474. The molecule has 1 N–H and O–H groups in total. The minimum atomic E-state index is -0.662. The summed E-state index contributed by atoms with van der Waals surface area (Å²) in [6.07, 6.45) is 1.85. The summed E-state index contributed by atoms with van der Waals surface area (Å²) in [5, 5.41) is 11.4. The van der Waals surface area contributed by atoms with Gasteiger partial charge in [-0.15, -0.1) is 11.8 Å². The second kappa shape index (κ2) is 9.97. The van der Waals surface area contributed by atoms with Gasteiger partial charge in [-0.25, -0.2) is 4.79 Å². The molecule has 1 aromatic rings. The molecular formula is C19H23N3O4S. The van der Waals surface area contributed by atoms with Gasteiger partial charge in [-0.3, -0.25) is 9.59 Å². The molecule has 1 aliphatic heterocycles. The number of thioether (sulfide) groups is 1. The van der Waals surface area contributed by atoms with Crippen LogP contribution in [0.5, 0.6) is 0 Å². The minimum absolute atomic E-state index is 0.0583. The highest BCUT2D eigenvalue weighted by Crippen LogP contribution is 2.38. The number of methoxy groups -OCH3 is 1. The summed E-state index contributed by atoms with van der Waals surface area (Å²) in [6.45, 7) is 1.93. The highest BCUT2D eigenvalue weighted by Gasteiger charge is 2.32. The molecule has 1 aromatic carbocycles. The SMILES string of the molecule is COC(=O)C(CCCCN1C(=O)CSC1c1ccc(C#N)cc1)NC(C)=O. The first-order valence-electron chi connectivity index (χ1n) is 8.72. The van der Waals surface area contributed by atoms with Gasteiger partial charge in [0.05, 0.1) is 24.5 Å². The molecule has 2 rings (SSSR count). The van der Waals surface area contributed by atoms with Crippen LogP contribution < -0.4 is 5.32 Å². The number of hydrogen-bond acceptors (Lipinski definition) is 6. The number of unbranched alkanes of at least 4 members (excludes halogenated alkanes) is 1. The first-order valence-corrected chi connectivity index (χ1v) is 9.77. The molecule has 7 nitrogen and oxygen atoms in total. The number of nitriles is 1. The molecule has 0 aromatic heterocycles. The number of rotatable bonds is 8. The van der Waals surface area contributed by atoms with E-state index in [0.29, 0.717) is 37.1 Å². The molecule has 0 bridgehead atoms. The van der Waals surface area contributed by atoms with Crippen molar-refractivity contribution >= 4 is 29.5 Å². The molecule has 2 atom stereocenters. The maximum absolute atomic E-state index is 12.2. The largest absolute Gasteiger partial charge is 0.467 e. The van der Waals surface area contributed by atoms with Crippen molar-refractivity contribution < 1.29 is 19.1 Å². The number of esters is 1. The normalized spacial score (nSPS) is 17.3. The van der Waals surface area contributed by atoms with E-state index in [1.54, 1.807) is 23.9 Å². The summed E-state index contributed by atoms with van der Waals surface area (Å²) in [4.78, 5) is 37.0. The van der Waals surface area contributed by atoms with Crippen LogP contribution in [0.3, 0.4) is 0 Å². The van der Waals surface area contributed by atoms with E-state index in [1.807, 2.05) is 17.0 Å². The minimum Gasteiger partial charge on any atom is -0.467 e. The number of ether oxygens (including phenoxy) is 1. The zero-order valence-corrected chi connectivity index (χ0v) is 16.3. The predicted octanol–water partition coefficient (Wildman–Crippen LogP) is 1.98.